The van der Waals surface area contributed by atoms with Gasteiger partial charge in [-0.1, -0.05) is 10.6 Å². The maximum absolute atomic E-state index is 11.2. The largest absolute Gasteiger partial charge is 0.272 e. The number of pyridine rings is 1. The third-order valence-electron chi connectivity index (χ3n) is 1.41. The fourth-order valence-electron chi connectivity index (χ4n) is 0.878. The molecule has 0 spiro atoms. The first-order valence-electron chi connectivity index (χ1n) is 3.33. The van der Waals surface area contributed by atoms with E-state index in [1.807, 2.05) is 0 Å². The highest BCUT2D eigenvalue weighted by molar-refractivity contribution is 7.08. The maximum atomic E-state index is 11.2. The Balaban J connectivity index is 2.63. The predicted octanol–water partition coefficient (Wildman–Crippen LogP) is 0.689. The Morgan fingerprint density at radius 2 is 2.33 bits per heavy atom. The number of nitrogens with zero attached hydrogens (tertiary/aromatic N) is 3. The lowest BCUT2D eigenvalue weighted by Gasteiger charge is -1.96. The molecular formula is C7H5N3OS. The van der Waals surface area contributed by atoms with Crippen molar-refractivity contribution >= 4 is 11.5 Å². The summed E-state index contributed by atoms with van der Waals surface area (Å²) in [4.78, 5) is 11.2. The van der Waals surface area contributed by atoms with Crippen molar-refractivity contribution in [2.75, 3.05) is 0 Å². The van der Waals surface area contributed by atoms with Gasteiger partial charge in [0, 0.05) is 23.8 Å². The summed E-state index contributed by atoms with van der Waals surface area (Å²) in [6, 6.07) is 4.99. The third-order valence-corrected chi connectivity index (χ3v) is 2.07. The van der Waals surface area contributed by atoms with E-state index in [9.17, 15) is 4.79 Å². The molecule has 0 saturated carbocycles. The van der Waals surface area contributed by atoms with Gasteiger partial charge in [0.25, 0.3) is 5.56 Å². The minimum atomic E-state index is -0.0662. The normalized spacial score (nSPS) is 10.0. The summed E-state index contributed by atoms with van der Waals surface area (Å²) < 4.78 is 5.18. The van der Waals surface area contributed by atoms with Crippen molar-refractivity contribution in [2.45, 2.75) is 0 Å². The lowest BCUT2D eigenvalue weighted by Crippen LogP contribution is -2.14. The Kier molecular flexibility index (Phi) is 1.71. The van der Waals surface area contributed by atoms with E-state index in [1.54, 1.807) is 24.5 Å². The number of aromatic nitrogens is 3. The Hall–Kier alpha value is -1.49. The zero-order valence-electron chi connectivity index (χ0n) is 6.04. The highest BCUT2D eigenvalue weighted by atomic mass is 32.1. The molecule has 0 fully saturated rings. The molecule has 0 N–H and O–H groups in total. The first kappa shape index (κ1) is 7.17. The van der Waals surface area contributed by atoms with E-state index < -0.39 is 0 Å². The van der Waals surface area contributed by atoms with E-state index in [1.165, 1.54) is 22.2 Å². The third kappa shape index (κ3) is 1.14. The minimum Gasteiger partial charge on any atom is -0.272 e. The van der Waals surface area contributed by atoms with Crippen molar-refractivity contribution in [3.8, 4) is 5.00 Å². The molecule has 0 amide bonds. The van der Waals surface area contributed by atoms with Gasteiger partial charge in [-0.05, 0) is 6.07 Å². The second kappa shape index (κ2) is 2.86. The van der Waals surface area contributed by atoms with Gasteiger partial charge in [0.1, 0.15) is 5.00 Å². The average Bonchev–Trinajstić information content (AvgIpc) is 2.57. The molecular weight excluding hydrogens is 174 g/mol. The van der Waals surface area contributed by atoms with Gasteiger partial charge in [0.2, 0.25) is 0 Å². The molecule has 0 aromatic carbocycles. The predicted molar refractivity (Wildman–Crippen MR) is 45.5 cm³/mol. The highest BCUT2D eigenvalue weighted by Gasteiger charge is 1.98. The Morgan fingerprint density at radius 1 is 1.42 bits per heavy atom. The molecule has 2 rings (SSSR count). The van der Waals surface area contributed by atoms with Crippen LogP contribution in [0, 0.1) is 0 Å². The standard InChI is InChI=1S/C7H5N3OS/c11-6-3-1-2-4-10(6)7-5-8-9-12-7/h1-5H. The van der Waals surface area contributed by atoms with Crippen LogP contribution in [0.1, 0.15) is 0 Å². The summed E-state index contributed by atoms with van der Waals surface area (Å²) in [5.41, 5.74) is -0.0662. The molecule has 60 valence electrons. The molecule has 0 aliphatic rings. The van der Waals surface area contributed by atoms with Crippen molar-refractivity contribution in [2.24, 2.45) is 0 Å². The van der Waals surface area contributed by atoms with Crippen molar-refractivity contribution in [3.05, 3.63) is 40.9 Å². The van der Waals surface area contributed by atoms with Crippen LogP contribution in [0.15, 0.2) is 35.4 Å². The molecule has 0 radical (unpaired) electrons. The van der Waals surface area contributed by atoms with Crippen LogP contribution in [0.4, 0.5) is 0 Å². The summed E-state index contributed by atoms with van der Waals surface area (Å²) in [7, 11) is 0. The first-order valence-corrected chi connectivity index (χ1v) is 4.11. The molecule has 2 heterocycles. The molecule has 0 aliphatic heterocycles. The first-order chi connectivity index (χ1) is 5.88. The molecule has 2 aromatic heterocycles. The topological polar surface area (TPSA) is 47.8 Å². The molecule has 0 unspecified atom stereocenters. The summed E-state index contributed by atoms with van der Waals surface area (Å²) >= 11 is 1.19. The zero-order chi connectivity index (χ0) is 8.39. The number of rotatable bonds is 1. The summed E-state index contributed by atoms with van der Waals surface area (Å²) in [5, 5.41) is 4.39. The molecule has 5 heteroatoms. The zero-order valence-corrected chi connectivity index (χ0v) is 6.86. The lowest BCUT2D eigenvalue weighted by molar-refractivity contribution is 1.00. The van der Waals surface area contributed by atoms with Gasteiger partial charge in [0.15, 0.2) is 0 Å². The van der Waals surface area contributed by atoms with Crippen molar-refractivity contribution in [3.63, 3.8) is 0 Å². The number of hydrogen-bond donors (Lipinski definition) is 0. The van der Waals surface area contributed by atoms with Gasteiger partial charge < -0.3 is 0 Å². The Labute approximate surface area is 72.3 Å². The smallest absolute Gasteiger partial charge is 0.255 e. The second-order valence-electron chi connectivity index (χ2n) is 2.16. The van der Waals surface area contributed by atoms with Crippen molar-refractivity contribution in [1.29, 1.82) is 0 Å². The van der Waals surface area contributed by atoms with E-state index in [-0.39, 0.29) is 5.56 Å². The Bertz CT molecular complexity index is 420. The lowest BCUT2D eigenvalue weighted by atomic mass is 10.5. The van der Waals surface area contributed by atoms with Crippen LogP contribution < -0.4 is 5.56 Å². The van der Waals surface area contributed by atoms with Crippen molar-refractivity contribution < 1.29 is 0 Å². The van der Waals surface area contributed by atoms with Crippen LogP contribution >= 0.6 is 11.5 Å². The fourth-order valence-corrected chi connectivity index (χ4v) is 1.39. The summed E-state index contributed by atoms with van der Waals surface area (Å²) in [5.74, 6) is 0. The average molecular weight is 179 g/mol. The molecule has 4 nitrogen and oxygen atoms in total. The van der Waals surface area contributed by atoms with Gasteiger partial charge in [-0.25, -0.2) is 0 Å². The molecule has 0 saturated heterocycles. The molecule has 0 bridgehead atoms. The van der Waals surface area contributed by atoms with E-state index >= 15 is 0 Å². The monoisotopic (exact) mass is 179 g/mol. The molecule has 0 aliphatic carbocycles. The van der Waals surface area contributed by atoms with Crippen LogP contribution in [0.2, 0.25) is 0 Å². The summed E-state index contributed by atoms with van der Waals surface area (Å²) in [6.07, 6.45) is 3.25. The van der Waals surface area contributed by atoms with Gasteiger partial charge in [-0.3, -0.25) is 9.36 Å². The highest BCUT2D eigenvalue weighted by Crippen LogP contribution is 2.05. The molecule has 12 heavy (non-hydrogen) atoms. The fraction of sp³-hybridized carbons (Fsp3) is 0. The van der Waals surface area contributed by atoms with Crippen LogP contribution in [0.25, 0.3) is 5.00 Å². The van der Waals surface area contributed by atoms with E-state index in [4.69, 9.17) is 0 Å². The van der Waals surface area contributed by atoms with E-state index in [0.717, 1.165) is 5.00 Å². The molecule has 2 aromatic rings. The van der Waals surface area contributed by atoms with E-state index in [2.05, 4.69) is 9.59 Å². The maximum Gasteiger partial charge on any atom is 0.255 e. The van der Waals surface area contributed by atoms with Crippen LogP contribution in [-0.2, 0) is 0 Å². The quantitative estimate of drug-likeness (QED) is 0.647. The van der Waals surface area contributed by atoms with Crippen LogP contribution in [0.5, 0.6) is 0 Å². The van der Waals surface area contributed by atoms with E-state index in [0.29, 0.717) is 0 Å². The van der Waals surface area contributed by atoms with Crippen LogP contribution in [0.3, 0.4) is 0 Å². The van der Waals surface area contributed by atoms with Gasteiger partial charge >= 0.3 is 0 Å². The van der Waals surface area contributed by atoms with Gasteiger partial charge in [-0.15, -0.1) is 5.10 Å². The van der Waals surface area contributed by atoms with Gasteiger partial charge in [-0.2, -0.15) is 0 Å². The SMILES string of the molecule is O=c1ccccn1-c1cnns1. The van der Waals surface area contributed by atoms with Crippen LogP contribution in [-0.4, -0.2) is 14.2 Å². The Morgan fingerprint density at radius 3 is 3.00 bits per heavy atom. The van der Waals surface area contributed by atoms with Crippen molar-refractivity contribution in [1.82, 2.24) is 14.2 Å². The number of hydrogen-bond acceptors (Lipinski definition) is 4. The summed E-state index contributed by atoms with van der Waals surface area (Å²) in [6.45, 7) is 0. The van der Waals surface area contributed by atoms with Gasteiger partial charge in [0.05, 0.1) is 6.20 Å². The second-order valence-corrected chi connectivity index (χ2v) is 2.93. The minimum absolute atomic E-state index is 0.0662. The molecule has 0 atom stereocenters.